The smallest absolute Gasteiger partial charge is 0.245 e. The lowest BCUT2D eigenvalue weighted by Crippen LogP contribution is -2.55. The quantitative estimate of drug-likeness (QED) is 0.764. The summed E-state index contributed by atoms with van der Waals surface area (Å²) in [5.41, 5.74) is 0.478. The lowest BCUT2D eigenvalue weighted by molar-refractivity contribution is -0.119. The van der Waals surface area contributed by atoms with Gasteiger partial charge in [0.25, 0.3) is 0 Å². The van der Waals surface area contributed by atoms with Crippen molar-refractivity contribution in [2.75, 3.05) is 38.4 Å². The normalized spacial score (nSPS) is 16.4. The molecule has 142 valence electrons. The molecule has 0 aromatic heterocycles. The zero-order chi connectivity index (χ0) is 17.8. The Labute approximate surface area is 154 Å². The molecule has 0 atom stereocenters. The molecular weight excluding hydrogens is 368 g/mol. The first-order valence-electron chi connectivity index (χ1n) is 7.86. The number of hydrogen-bond acceptors (Lipinski definition) is 6. The molecule has 25 heavy (non-hydrogen) atoms. The Morgan fingerprint density at radius 3 is 2.44 bits per heavy atom. The molecule has 1 aliphatic heterocycles. The second kappa shape index (κ2) is 8.73. The number of anilines is 1. The van der Waals surface area contributed by atoms with Gasteiger partial charge in [-0.2, -0.15) is 0 Å². The number of carbonyl (C=O) groups is 1. The highest BCUT2D eigenvalue weighted by atomic mass is 35.5. The van der Waals surface area contributed by atoms with E-state index < -0.39 is 20.5 Å². The maximum absolute atomic E-state index is 12.8. The minimum absolute atomic E-state index is 0. The molecule has 1 aliphatic rings. The Hall–Kier alpha value is -1.51. The van der Waals surface area contributed by atoms with Crippen LogP contribution in [-0.4, -0.2) is 52.1 Å². The zero-order valence-corrected chi connectivity index (χ0v) is 16.3. The topological polar surface area (TPSA) is 93.7 Å². The summed E-state index contributed by atoms with van der Waals surface area (Å²) >= 11 is 0. The molecule has 2 rings (SSSR count). The van der Waals surface area contributed by atoms with Gasteiger partial charge in [0.2, 0.25) is 5.91 Å². The Morgan fingerprint density at radius 2 is 1.92 bits per heavy atom. The lowest BCUT2D eigenvalue weighted by atomic mass is 9.95. The highest BCUT2D eigenvalue weighted by Crippen LogP contribution is 2.33. The molecule has 1 aromatic carbocycles. The predicted octanol–water partition coefficient (Wildman–Crippen LogP) is 1.62. The largest absolute Gasteiger partial charge is 0.493 e. The Bertz CT molecular complexity index is 702. The van der Waals surface area contributed by atoms with Crippen LogP contribution < -0.4 is 20.1 Å². The van der Waals surface area contributed by atoms with E-state index in [4.69, 9.17) is 9.47 Å². The van der Waals surface area contributed by atoms with Gasteiger partial charge in [-0.3, -0.25) is 4.79 Å². The van der Waals surface area contributed by atoms with Gasteiger partial charge in [-0.25, -0.2) is 8.42 Å². The average Bonchev–Trinajstić information content (AvgIpc) is 2.55. The van der Waals surface area contributed by atoms with Crippen LogP contribution in [0.5, 0.6) is 11.5 Å². The van der Waals surface area contributed by atoms with Crippen molar-refractivity contribution in [2.24, 2.45) is 0 Å². The van der Waals surface area contributed by atoms with Crippen LogP contribution in [0, 0.1) is 0 Å². The standard InChI is InChI=1S/C16H24N2O5S.ClH/c1-4-23-14-11-12(5-6-13(14)22-2)18-15(19)16(24(3,20)21)7-9-17-10-8-16;/h5-6,11,17H,4,7-10H2,1-3H3,(H,18,19);1H. The van der Waals surface area contributed by atoms with Gasteiger partial charge in [0.1, 0.15) is 0 Å². The first kappa shape index (κ1) is 21.5. The third-order valence-electron chi connectivity index (χ3n) is 4.26. The third kappa shape index (κ3) is 4.56. The minimum atomic E-state index is -3.55. The molecular formula is C16H25ClN2O5S. The number of carbonyl (C=O) groups excluding carboxylic acids is 1. The Morgan fingerprint density at radius 1 is 1.28 bits per heavy atom. The van der Waals surface area contributed by atoms with Gasteiger partial charge in [0.15, 0.2) is 26.1 Å². The summed E-state index contributed by atoms with van der Waals surface area (Å²) < 4.78 is 33.8. The SMILES string of the molecule is CCOc1cc(NC(=O)C2(S(C)(=O)=O)CCNCC2)ccc1OC.Cl. The van der Waals surface area contributed by atoms with Crippen LogP contribution in [-0.2, 0) is 14.6 Å². The van der Waals surface area contributed by atoms with E-state index in [1.165, 1.54) is 7.11 Å². The summed E-state index contributed by atoms with van der Waals surface area (Å²) in [5.74, 6) is 0.546. The van der Waals surface area contributed by atoms with Gasteiger partial charge in [-0.1, -0.05) is 0 Å². The highest BCUT2D eigenvalue weighted by molar-refractivity contribution is 7.92. The zero-order valence-electron chi connectivity index (χ0n) is 14.6. The summed E-state index contributed by atoms with van der Waals surface area (Å²) in [5, 5.41) is 5.82. The molecule has 1 heterocycles. The van der Waals surface area contributed by atoms with Crippen LogP contribution >= 0.6 is 12.4 Å². The third-order valence-corrected chi connectivity index (χ3v) is 6.27. The van der Waals surface area contributed by atoms with E-state index in [2.05, 4.69) is 10.6 Å². The number of piperidine rings is 1. The van der Waals surface area contributed by atoms with E-state index in [-0.39, 0.29) is 25.2 Å². The summed E-state index contributed by atoms with van der Waals surface area (Å²) in [6.07, 6.45) is 1.63. The molecule has 1 aromatic rings. The molecule has 0 aliphatic carbocycles. The molecule has 0 spiro atoms. The fourth-order valence-corrected chi connectivity index (χ4v) is 4.20. The second-order valence-corrected chi connectivity index (χ2v) is 8.10. The van der Waals surface area contributed by atoms with Crippen LogP contribution in [0.4, 0.5) is 5.69 Å². The molecule has 1 fully saturated rings. The van der Waals surface area contributed by atoms with Gasteiger partial charge in [-0.15, -0.1) is 12.4 Å². The van der Waals surface area contributed by atoms with Crippen LogP contribution in [0.1, 0.15) is 19.8 Å². The molecule has 0 radical (unpaired) electrons. The number of ether oxygens (including phenoxy) is 2. The molecule has 2 N–H and O–H groups in total. The number of rotatable bonds is 6. The summed E-state index contributed by atoms with van der Waals surface area (Å²) in [7, 11) is -2.02. The van der Waals surface area contributed by atoms with Crippen molar-refractivity contribution in [2.45, 2.75) is 24.5 Å². The van der Waals surface area contributed by atoms with Crippen molar-refractivity contribution < 1.29 is 22.7 Å². The summed E-state index contributed by atoms with van der Waals surface area (Å²) in [6.45, 7) is 3.28. The lowest BCUT2D eigenvalue weighted by Gasteiger charge is -2.34. The van der Waals surface area contributed by atoms with Gasteiger partial charge < -0.3 is 20.1 Å². The maximum Gasteiger partial charge on any atom is 0.245 e. The van der Waals surface area contributed by atoms with Crippen LogP contribution in [0.15, 0.2) is 18.2 Å². The number of amides is 1. The number of halogens is 1. The number of methoxy groups -OCH3 is 1. The van der Waals surface area contributed by atoms with E-state index in [9.17, 15) is 13.2 Å². The molecule has 1 saturated heterocycles. The minimum Gasteiger partial charge on any atom is -0.493 e. The Balaban J connectivity index is 0.00000312. The van der Waals surface area contributed by atoms with E-state index in [0.29, 0.717) is 36.9 Å². The van der Waals surface area contributed by atoms with Crippen LogP contribution in [0.2, 0.25) is 0 Å². The van der Waals surface area contributed by atoms with E-state index in [1.807, 2.05) is 6.92 Å². The van der Waals surface area contributed by atoms with Crippen molar-refractivity contribution in [3.05, 3.63) is 18.2 Å². The maximum atomic E-state index is 12.8. The van der Waals surface area contributed by atoms with Crippen molar-refractivity contribution in [3.8, 4) is 11.5 Å². The van der Waals surface area contributed by atoms with Gasteiger partial charge in [-0.05, 0) is 45.0 Å². The molecule has 7 nitrogen and oxygen atoms in total. The van der Waals surface area contributed by atoms with Crippen LogP contribution in [0.25, 0.3) is 0 Å². The first-order chi connectivity index (χ1) is 11.3. The highest BCUT2D eigenvalue weighted by Gasteiger charge is 2.48. The fraction of sp³-hybridized carbons (Fsp3) is 0.562. The monoisotopic (exact) mass is 392 g/mol. The molecule has 9 heteroatoms. The first-order valence-corrected chi connectivity index (χ1v) is 9.76. The van der Waals surface area contributed by atoms with E-state index >= 15 is 0 Å². The van der Waals surface area contributed by atoms with Crippen LogP contribution in [0.3, 0.4) is 0 Å². The Kier molecular flexibility index (Phi) is 7.52. The number of sulfone groups is 1. The van der Waals surface area contributed by atoms with Gasteiger partial charge in [0.05, 0.1) is 13.7 Å². The fourth-order valence-electron chi connectivity index (χ4n) is 2.86. The van der Waals surface area contributed by atoms with E-state index in [1.54, 1.807) is 18.2 Å². The average molecular weight is 393 g/mol. The number of nitrogens with one attached hydrogen (secondary N) is 2. The van der Waals surface area contributed by atoms with Crippen molar-refractivity contribution >= 4 is 33.8 Å². The van der Waals surface area contributed by atoms with Crippen molar-refractivity contribution in [1.82, 2.24) is 5.32 Å². The summed E-state index contributed by atoms with van der Waals surface area (Å²) in [6, 6.07) is 4.98. The molecule has 1 amide bonds. The van der Waals surface area contributed by atoms with E-state index in [0.717, 1.165) is 6.26 Å². The number of benzene rings is 1. The number of hydrogen-bond donors (Lipinski definition) is 2. The molecule has 0 bridgehead atoms. The van der Waals surface area contributed by atoms with Crippen molar-refractivity contribution in [1.29, 1.82) is 0 Å². The van der Waals surface area contributed by atoms with Gasteiger partial charge >= 0.3 is 0 Å². The summed E-state index contributed by atoms with van der Waals surface area (Å²) in [4.78, 5) is 12.8. The van der Waals surface area contributed by atoms with Gasteiger partial charge in [0, 0.05) is 18.0 Å². The van der Waals surface area contributed by atoms with Crippen molar-refractivity contribution in [3.63, 3.8) is 0 Å². The second-order valence-electron chi connectivity index (χ2n) is 5.77. The molecule has 0 saturated carbocycles. The molecule has 0 unspecified atom stereocenters. The predicted molar refractivity (Wildman–Crippen MR) is 99.7 cm³/mol.